The molecule has 0 amide bonds. The zero-order valence-corrected chi connectivity index (χ0v) is 33.6. The lowest BCUT2D eigenvalue weighted by Gasteiger charge is -2.45. The molecule has 5 aliphatic rings. The number of ether oxygens (including phenoxy) is 7. The number of benzene rings is 3. The lowest BCUT2D eigenvalue weighted by Crippen LogP contribution is -2.65. The number of carbonyl (C=O) groups excluding carboxylic acids is 1. The molecule has 0 aromatic heterocycles. The quantitative estimate of drug-likeness (QED) is 0.0360. The average Bonchev–Trinajstić information content (AvgIpc) is 3.29. The highest BCUT2D eigenvalue weighted by atomic mass is 16.8. The summed E-state index contributed by atoms with van der Waals surface area (Å²) in [6.45, 7) is -2.39. The van der Waals surface area contributed by atoms with Crippen molar-refractivity contribution in [1.29, 1.82) is 0 Å². The molecule has 15 atom stereocenters. The number of hydrogen-bond acceptors (Lipinski definition) is 23. The molecule has 65 heavy (non-hydrogen) atoms. The Hall–Kier alpha value is -5.48. The van der Waals surface area contributed by atoms with Gasteiger partial charge in [-0.1, -0.05) is 6.07 Å². The van der Waals surface area contributed by atoms with Gasteiger partial charge in [-0.05, 0) is 54.1 Å². The van der Waals surface area contributed by atoms with Crippen LogP contribution in [0.25, 0.3) is 28.7 Å². The van der Waals surface area contributed by atoms with Gasteiger partial charge in [0.2, 0.25) is 12.6 Å². The fourth-order valence-electron chi connectivity index (χ4n) is 7.21. The van der Waals surface area contributed by atoms with Gasteiger partial charge in [-0.3, -0.25) is 4.79 Å². The molecule has 3 fully saturated rings. The molecular formula is C42H46O23. The predicted octanol–water partition coefficient (Wildman–Crippen LogP) is -3.03. The van der Waals surface area contributed by atoms with Crippen LogP contribution in [-0.2, 0) is 28.5 Å². The molecule has 4 heterocycles. The largest absolute Gasteiger partial charge is 0.508 e. The zero-order valence-electron chi connectivity index (χ0n) is 33.6. The predicted molar refractivity (Wildman–Crippen MR) is 213 cm³/mol. The Balaban J connectivity index is 1.20. The Bertz CT molecular complexity index is 2320. The second kappa shape index (κ2) is 19.9. The molecule has 3 saturated heterocycles. The maximum absolute atomic E-state index is 13.1. The van der Waals surface area contributed by atoms with Crippen LogP contribution in [0.15, 0.2) is 76.0 Å². The minimum atomic E-state index is -1.98. The summed E-state index contributed by atoms with van der Waals surface area (Å²) in [4.78, 5) is 25.6. The van der Waals surface area contributed by atoms with Gasteiger partial charge in [0.1, 0.15) is 91.0 Å². The van der Waals surface area contributed by atoms with Crippen molar-refractivity contribution < 1.29 is 109 Å². The monoisotopic (exact) mass is 918 g/mol. The van der Waals surface area contributed by atoms with Gasteiger partial charge in [0.25, 0.3) is 0 Å². The van der Waals surface area contributed by atoms with Gasteiger partial charge in [0.15, 0.2) is 40.8 Å². The lowest BCUT2D eigenvalue weighted by molar-refractivity contribution is -0.357. The van der Waals surface area contributed by atoms with Gasteiger partial charge < -0.3 is 104 Å². The molecule has 1 aliphatic carbocycles. The Labute approximate surface area is 366 Å². The smallest absolute Gasteiger partial charge is 0.330 e. The first-order chi connectivity index (χ1) is 31.0. The standard InChI is InChI=1S/C42H46O23/c43-13-26-30(50)33(53)37(57)41(62-26)65-39-35(55)31(51)27(14-44)63-42(39)61-25-12-20-23(59-38(25)17-3-5-18(45)6-4-17)10-19(46)11-24(20)60-40-36(56)34(54)32(52)28(64-40)15-58-29(49)8-2-16-1-7-21(47)22(48)9-16/h1-12,26-28,30-37,39-45,47-48,50-57H,13-15H2. The third kappa shape index (κ3) is 10.2. The molecular weight excluding hydrogens is 872 g/mol. The molecule has 0 spiro atoms. The molecule has 0 saturated carbocycles. The SMILES string of the molecule is O=C(C=Cc1ccc(O)c(O)c1)OCC1OC(Oc2cc(=O)cc3oc(-c4ccc(O)cc4)c(OC4OC(CO)C(O)C(O)C4OC4OC(CO)C(O)C(O)C4O)cc2-3)C(O)C(O)C1O. The number of aromatic hydroxyl groups is 3. The van der Waals surface area contributed by atoms with E-state index in [0.29, 0.717) is 5.56 Å². The van der Waals surface area contributed by atoms with Crippen LogP contribution in [0.3, 0.4) is 0 Å². The molecule has 2 aromatic carbocycles. The van der Waals surface area contributed by atoms with Gasteiger partial charge in [-0.15, -0.1) is 0 Å². The van der Waals surface area contributed by atoms with E-state index in [1.165, 1.54) is 54.6 Å². The van der Waals surface area contributed by atoms with Crippen molar-refractivity contribution in [2.24, 2.45) is 0 Å². The molecule has 23 heteroatoms. The van der Waals surface area contributed by atoms with E-state index in [4.69, 9.17) is 37.6 Å². The third-order valence-corrected chi connectivity index (χ3v) is 10.8. The number of hydrogen-bond donors (Lipinski definition) is 13. The minimum Gasteiger partial charge on any atom is -0.508 e. The molecule has 352 valence electrons. The number of fused-ring (bicyclic) bond motifs is 1. The van der Waals surface area contributed by atoms with Crippen LogP contribution in [0.5, 0.6) is 28.7 Å². The molecule has 7 rings (SSSR count). The fourth-order valence-corrected chi connectivity index (χ4v) is 7.21. The van der Waals surface area contributed by atoms with E-state index in [2.05, 4.69) is 0 Å². The number of rotatable bonds is 13. The van der Waals surface area contributed by atoms with Crippen LogP contribution in [0, 0.1) is 0 Å². The maximum atomic E-state index is 13.1. The fraction of sp³-hybridized carbons (Fsp3) is 0.429. The van der Waals surface area contributed by atoms with Gasteiger partial charge in [-0.25, -0.2) is 4.79 Å². The second-order valence-electron chi connectivity index (χ2n) is 15.3. The Morgan fingerprint density at radius 3 is 1.88 bits per heavy atom. The van der Waals surface area contributed by atoms with E-state index in [0.717, 1.165) is 18.2 Å². The first kappa shape index (κ1) is 47.5. The summed E-state index contributed by atoms with van der Waals surface area (Å²) < 4.78 is 46.3. The van der Waals surface area contributed by atoms with Crippen molar-refractivity contribution in [3.63, 3.8) is 0 Å². The van der Waals surface area contributed by atoms with E-state index in [9.17, 15) is 76.0 Å². The van der Waals surface area contributed by atoms with E-state index in [-0.39, 0.29) is 45.6 Å². The molecule has 15 unspecified atom stereocenters. The van der Waals surface area contributed by atoms with E-state index in [1.807, 2.05) is 0 Å². The van der Waals surface area contributed by atoms with Crippen molar-refractivity contribution >= 4 is 12.0 Å². The number of aliphatic hydroxyl groups excluding tert-OH is 10. The summed E-state index contributed by atoms with van der Waals surface area (Å²) in [6.07, 6.45) is -25.0. The first-order valence-corrected chi connectivity index (χ1v) is 19.9. The van der Waals surface area contributed by atoms with Gasteiger partial charge in [0, 0.05) is 23.8 Å². The summed E-state index contributed by atoms with van der Waals surface area (Å²) in [5.41, 5.74) is -0.275. The van der Waals surface area contributed by atoms with Crippen LogP contribution >= 0.6 is 0 Å². The van der Waals surface area contributed by atoms with E-state index in [1.54, 1.807) is 0 Å². The number of esters is 1. The lowest BCUT2D eigenvalue weighted by atomic mass is 9.97. The number of aliphatic hydroxyl groups is 10. The molecule has 13 N–H and O–H groups in total. The molecule has 2 aromatic rings. The first-order valence-electron chi connectivity index (χ1n) is 19.9. The van der Waals surface area contributed by atoms with Gasteiger partial charge in [-0.2, -0.15) is 0 Å². The molecule has 0 radical (unpaired) electrons. The van der Waals surface area contributed by atoms with Crippen molar-refractivity contribution in [2.75, 3.05) is 19.8 Å². The Morgan fingerprint density at radius 1 is 0.615 bits per heavy atom. The normalized spacial score (nSPS) is 32.9. The Kier molecular flexibility index (Phi) is 14.6. The maximum Gasteiger partial charge on any atom is 0.330 e. The van der Waals surface area contributed by atoms with E-state index >= 15 is 0 Å². The highest BCUT2D eigenvalue weighted by Gasteiger charge is 2.52. The zero-order chi connectivity index (χ0) is 46.9. The molecule has 0 bridgehead atoms. The van der Waals surface area contributed by atoms with Crippen LogP contribution in [0.1, 0.15) is 5.56 Å². The minimum absolute atomic E-state index is 0.0894. The number of phenols is 3. The van der Waals surface area contributed by atoms with Crippen LogP contribution in [-0.4, -0.2) is 184 Å². The summed E-state index contributed by atoms with van der Waals surface area (Å²) in [6, 6.07) is 12.3. The van der Waals surface area contributed by atoms with Gasteiger partial charge in [0.05, 0.1) is 18.8 Å². The summed E-state index contributed by atoms with van der Waals surface area (Å²) in [5, 5.41) is 135. The molecule has 23 nitrogen and oxygen atoms in total. The summed E-state index contributed by atoms with van der Waals surface area (Å²) in [5.74, 6) is -2.96. The summed E-state index contributed by atoms with van der Waals surface area (Å²) >= 11 is 0. The van der Waals surface area contributed by atoms with Crippen LogP contribution < -0.4 is 14.9 Å². The van der Waals surface area contributed by atoms with Gasteiger partial charge >= 0.3 is 5.97 Å². The van der Waals surface area contributed by atoms with Crippen molar-refractivity contribution in [2.45, 2.75) is 92.1 Å². The van der Waals surface area contributed by atoms with Crippen molar-refractivity contribution in [3.8, 4) is 51.4 Å². The van der Waals surface area contributed by atoms with Crippen molar-refractivity contribution in [3.05, 3.63) is 82.5 Å². The average molecular weight is 919 g/mol. The van der Waals surface area contributed by atoms with Crippen molar-refractivity contribution in [1.82, 2.24) is 0 Å². The highest BCUT2D eigenvalue weighted by molar-refractivity contribution is 5.87. The van der Waals surface area contributed by atoms with Crippen LogP contribution in [0.4, 0.5) is 0 Å². The second-order valence-corrected chi connectivity index (χ2v) is 15.3. The number of phenolic OH excluding ortho intramolecular Hbond substituents is 3. The highest BCUT2D eigenvalue weighted by Crippen LogP contribution is 2.43. The van der Waals surface area contributed by atoms with E-state index < -0.39 is 129 Å². The summed E-state index contributed by atoms with van der Waals surface area (Å²) in [7, 11) is 0. The Morgan fingerprint density at radius 2 is 1.22 bits per heavy atom. The number of carbonyl (C=O) groups is 1. The third-order valence-electron chi connectivity index (χ3n) is 10.8. The van der Waals surface area contributed by atoms with Crippen LogP contribution in [0.2, 0.25) is 0 Å². The molecule has 4 aliphatic heterocycles. The topological polar surface area (TPSA) is 375 Å².